The van der Waals surface area contributed by atoms with E-state index in [9.17, 15) is 14.4 Å². The lowest BCUT2D eigenvalue weighted by molar-refractivity contribution is 0.000533. The van der Waals surface area contributed by atoms with Gasteiger partial charge in [-0.15, -0.1) is 0 Å². The van der Waals surface area contributed by atoms with Crippen molar-refractivity contribution in [1.82, 2.24) is 4.90 Å². The maximum Gasteiger partial charge on any atom is 0.338 e. The predicted octanol–water partition coefficient (Wildman–Crippen LogP) is 16.4. The third kappa shape index (κ3) is 28.0. The Balaban J connectivity index is 0.000000239. The number of fused-ring (bicyclic) bond motifs is 3. The van der Waals surface area contributed by atoms with Crippen LogP contribution in [0.5, 0.6) is 17.2 Å². The molecule has 2 amide bonds. The second kappa shape index (κ2) is 46.1. The molecule has 0 aromatic heterocycles. The fraction of sp³-hybridized carbons (Fsp3) is 0.397. The van der Waals surface area contributed by atoms with E-state index in [2.05, 4.69) is 82.3 Å². The van der Waals surface area contributed by atoms with E-state index in [0.717, 1.165) is 61.2 Å². The summed E-state index contributed by atoms with van der Waals surface area (Å²) >= 11 is 0. The minimum atomic E-state index is -0.300. The summed E-state index contributed by atoms with van der Waals surface area (Å²) in [6, 6.07) is 64.6. The van der Waals surface area contributed by atoms with Crippen molar-refractivity contribution in [2.45, 2.75) is 123 Å². The molecule has 0 radical (unpaired) electrons. The zero-order chi connectivity index (χ0) is 67.4. The van der Waals surface area contributed by atoms with Crippen LogP contribution in [-0.4, -0.2) is 142 Å². The summed E-state index contributed by atoms with van der Waals surface area (Å²) in [4.78, 5) is 36.8. The molecule has 8 aromatic rings. The van der Waals surface area contributed by atoms with Crippen molar-refractivity contribution in [2.75, 3.05) is 82.2 Å². The maximum absolute atomic E-state index is 12.0. The van der Waals surface area contributed by atoms with Gasteiger partial charge in [0.2, 0.25) is 0 Å². The van der Waals surface area contributed by atoms with Gasteiger partial charge in [0.15, 0.2) is 0 Å². The van der Waals surface area contributed by atoms with Crippen molar-refractivity contribution in [3.63, 3.8) is 0 Å². The molecule has 502 valence electrons. The van der Waals surface area contributed by atoms with Crippen LogP contribution < -0.4 is 14.2 Å². The molecular formula is C78H101NO14. The van der Waals surface area contributed by atoms with Crippen LogP contribution in [0.4, 0.5) is 0 Å². The molecule has 0 spiro atoms. The van der Waals surface area contributed by atoms with Crippen LogP contribution in [0.1, 0.15) is 117 Å². The summed E-state index contributed by atoms with van der Waals surface area (Å²) in [5, 5.41) is 4.80. The number of methoxy groups -OCH3 is 6. The lowest BCUT2D eigenvalue weighted by atomic mass is 10.1. The minimum absolute atomic E-state index is 0.0161. The summed E-state index contributed by atoms with van der Waals surface area (Å²) < 4.78 is 59.1. The van der Waals surface area contributed by atoms with E-state index in [4.69, 9.17) is 52.1 Å². The molecular weight excluding hydrogens is 1170 g/mol. The minimum Gasteiger partial charge on any atom is -0.491 e. The van der Waals surface area contributed by atoms with Crippen LogP contribution in [-0.2, 0) is 44.5 Å². The molecule has 15 nitrogen and oxygen atoms in total. The SMILES string of the molecule is CCC(CN1C(=O)c2ccccc2C1=O)OC.CCC(COC(=O)c1ccccc1)OC.CCC(COCc1ccccc1)OC.CCC(COc1ccc2ccccc2c1)OC.CCC(COc1cccc2ccccc12)OC.CCC(COc1ccccc1)OC. The number of esters is 1. The van der Waals surface area contributed by atoms with Gasteiger partial charge in [0, 0.05) is 48.0 Å². The highest BCUT2D eigenvalue weighted by Crippen LogP contribution is 2.27. The summed E-state index contributed by atoms with van der Waals surface area (Å²) in [6.45, 7) is 16.1. The predicted molar refractivity (Wildman–Crippen MR) is 372 cm³/mol. The van der Waals surface area contributed by atoms with E-state index in [0.29, 0.717) is 62.9 Å². The Morgan fingerprint density at radius 3 is 1.32 bits per heavy atom. The topological polar surface area (TPSA) is 156 Å². The highest BCUT2D eigenvalue weighted by Gasteiger charge is 2.36. The number of carbonyl (C=O) groups excluding carboxylic acids is 3. The standard InChI is InChI=1S/2C15H18O2.C13H15NO3.C12H16O3.C12H18O2.C11H16O2/c1-3-13(16-2)11-17-15-10-6-8-12-7-4-5-9-14(12)15;1-3-14(16-2)11-17-15-9-8-12-6-4-5-7-13(12)10-15;1-3-9(17-2)8-14-12(15)10-6-4-5-7-11(10)13(14)16;1-3-11(14-2)9-15-12(13)10-7-5-4-6-8-10;1-3-12(13-2)10-14-9-11-7-5-4-6-8-11;1-3-10(12-2)9-13-11-7-5-4-6-8-11/h4-10,13H,3,11H2,1-2H3;4-10,14H,3,11H2,1-2H3;4-7,9H,3,8H2,1-2H3;4-8,11H,3,9H2,1-2H3;4-8,12H,3,9-10H2,1-2H3;4-8,10H,3,9H2,1-2H3. The number of hydrogen-bond donors (Lipinski definition) is 0. The Morgan fingerprint density at radius 1 is 0.376 bits per heavy atom. The third-order valence-corrected chi connectivity index (χ3v) is 15.3. The molecule has 0 saturated heterocycles. The maximum atomic E-state index is 12.0. The van der Waals surface area contributed by atoms with Gasteiger partial charge in [-0.3, -0.25) is 14.5 Å². The highest BCUT2D eigenvalue weighted by atomic mass is 16.6. The first kappa shape index (κ1) is 77.5. The lowest BCUT2D eigenvalue weighted by Crippen LogP contribution is -2.37. The fourth-order valence-corrected chi connectivity index (χ4v) is 9.11. The van der Waals surface area contributed by atoms with Crippen LogP contribution >= 0.6 is 0 Å². The molecule has 1 aliphatic rings. The second-order valence-electron chi connectivity index (χ2n) is 21.6. The Bertz CT molecular complexity index is 3210. The number of rotatable bonds is 30. The lowest BCUT2D eigenvalue weighted by Gasteiger charge is -2.20. The van der Waals surface area contributed by atoms with Crippen molar-refractivity contribution in [2.24, 2.45) is 0 Å². The normalized spacial score (nSPS) is 13.2. The number of amides is 2. The molecule has 0 bridgehead atoms. The molecule has 15 heteroatoms. The largest absolute Gasteiger partial charge is 0.491 e. The number of imide groups is 1. The van der Waals surface area contributed by atoms with Crippen LogP contribution in [0, 0.1) is 0 Å². The summed E-state index contributed by atoms with van der Waals surface area (Å²) in [5.74, 6) is 1.99. The fourth-order valence-electron chi connectivity index (χ4n) is 9.11. The quantitative estimate of drug-likeness (QED) is 0.0309. The second-order valence-corrected chi connectivity index (χ2v) is 21.6. The Hall–Kier alpha value is -7.99. The average molecular weight is 1280 g/mol. The number of hydrogen-bond acceptors (Lipinski definition) is 14. The van der Waals surface area contributed by atoms with E-state index >= 15 is 0 Å². The van der Waals surface area contributed by atoms with Gasteiger partial charge in [0.05, 0.1) is 73.1 Å². The highest BCUT2D eigenvalue weighted by molar-refractivity contribution is 6.21. The average Bonchev–Trinajstić information content (AvgIpc) is 1.66. The molecule has 0 fully saturated rings. The van der Waals surface area contributed by atoms with Gasteiger partial charge in [-0.2, -0.15) is 0 Å². The van der Waals surface area contributed by atoms with Gasteiger partial charge in [0.1, 0.15) is 43.7 Å². The molecule has 0 saturated carbocycles. The van der Waals surface area contributed by atoms with Gasteiger partial charge in [-0.25, -0.2) is 4.79 Å². The van der Waals surface area contributed by atoms with Crippen molar-refractivity contribution < 1.29 is 66.5 Å². The van der Waals surface area contributed by atoms with Crippen molar-refractivity contribution >= 4 is 39.3 Å². The molecule has 0 aliphatic carbocycles. The van der Waals surface area contributed by atoms with Crippen LogP contribution in [0.3, 0.4) is 0 Å². The van der Waals surface area contributed by atoms with Crippen LogP contribution in [0.15, 0.2) is 200 Å². The van der Waals surface area contributed by atoms with Gasteiger partial charge in [-0.1, -0.05) is 187 Å². The first-order chi connectivity index (χ1) is 45.4. The smallest absolute Gasteiger partial charge is 0.338 e. The number of carbonyl (C=O) groups is 3. The van der Waals surface area contributed by atoms with E-state index in [1.807, 2.05) is 123 Å². The molecule has 1 aliphatic heterocycles. The van der Waals surface area contributed by atoms with E-state index in [1.54, 1.807) is 79.1 Å². The van der Waals surface area contributed by atoms with Crippen LogP contribution in [0.25, 0.3) is 21.5 Å². The monoisotopic (exact) mass is 1280 g/mol. The van der Waals surface area contributed by atoms with Gasteiger partial charge in [-0.05, 0) is 115 Å². The van der Waals surface area contributed by atoms with Gasteiger partial charge >= 0.3 is 5.97 Å². The zero-order valence-electron chi connectivity index (χ0n) is 56.9. The third-order valence-electron chi connectivity index (χ3n) is 15.3. The first-order valence-electron chi connectivity index (χ1n) is 32.2. The summed E-state index contributed by atoms with van der Waals surface area (Å²) in [5.41, 5.74) is 2.76. The van der Waals surface area contributed by atoms with Gasteiger partial charge < -0.3 is 52.1 Å². The molecule has 93 heavy (non-hydrogen) atoms. The first-order valence-corrected chi connectivity index (χ1v) is 32.2. The van der Waals surface area contributed by atoms with E-state index in [-0.39, 0.29) is 54.4 Å². The molecule has 8 aromatic carbocycles. The molecule has 1 heterocycles. The Kier molecular flexibility index (Phi) is 38.4. The van der Waals surface area contributed by atoms with E-state index in [1.165, 1.54) is 26.6 Å². The summed E-state index contributed by atoms with van der Waals surface area (Å²) in [7, 11) is 10.1. The number of ether oxygens (including phenoxy) is 11. The zero-order valence-corrected chi connectivity index (χ0v) is 56.9. The number of nitrogens with zero attached hydrogens (tertiary/aromatic N) is 1. The Morgan fingerprint density at radius 2 is 0.796 bits per heavy atom. The molecule has 6 atom stereocenters. The molecule has 9 rings (SSSR count). The van der Waals surface area contributed by atoms with Crippen molar-refractivity contribution in [3.8, 4) is 17.2 Å². The van der Waals surface area contributed by atoms with Gasteiger partial charge in [0.25, 0.3) is 11.8 Å². The van der Waals surface area contributed by atoms with E-state index < -0.39 is 0 Å². The van der Waals surface area contributed by atoms with Crippen molar-refractivity contribution in [1.29, 1.82) is 0 Å². The number of benzene rings is 8. The van der Waals surface area contributed by atoms with Crippen LogP contribution in [0.2, 0.25) is 0 Å². The Labute approximate surface area is 553 Å². The number of para-hydroxylation sites is 1. The summed E-state index contributed by atoms with van der Waals surface area (Å²) in [6.07, 6.45) is 6.12. The van der Waals surface area contributed by atoms with Crippen molar-refractivity contribution in [3.05, 3.63) is 222 Å². The molecule has 0 N–H and O–H groups in total. The molecule has 6 unspecified atom stereocenters.